The maximum atomic E-state index is 12.7. The van der Waals surface area contributed by atoms with E-state index >= 15 is 0 Å². The van der Waals surface area contributed by atoms with Crippen molar-refractivity contribution in [2.24, 2.45) is 0 Å². The van der Waals surface area contributed by atoms with Gasteiger partial charge in [0, 0.05) is 11.8 Å². The first kappa shape index (κ1) is 13.5. The van der Waals surface area contributed by atoms with Crippen LogP contribution in [0.3, 0.4) is 0 Å². The Balaban J connectivity index is 2.44. The summed E-state index contributed by atoms with van der Waals surface area (Å²) in [5, 5.41) is 18.9. The summed E-state index contributed by atoms with van der Waals surface area (Å²) in [7, 11) is 0. The molecule has 0 amide bonds. The first-order valence-electron chi connectivity index (χ1n) is 5.38. The second-order valence-corrected chi connectivity index (χ2v) is 4.02. The minimum atomic E-state index is -1.43. The third-order valence-corrected chi connectivity index (χ3v) is 2.86. The highest BCUT2D eigenvalue weighted by atomic mass is 19.1. The van der Waals surface area contributed by atoms with Crippen LogP contribution < -0.4 is 17.2 Å². The fourth-order valence-electron chi connectivity index (χ4n) is 1.86. The number of rotatable bonds is 2. The van der Waals surface area contributed by atoms with Crippen LogP contribution in [0.5, 0.6) is 0 Å². The van der Waals surface area contributed by atoms with E-state index in [0.29, 0.717) is 0 Å². The number of aliphatic hydroxyl groups excluding tert-OH is 2. The predicted octanol–water partition coefficient (Wildman–Crippen LogP) is -1.49. The normalized spacial score (nSPS) is 29.0. The summed E-state index contributed by atoms with van der Waals surface area (Å²) in [4.78, 5) is 15.1. The van der Waals surface area contributed by atoms with E-state index in [1.807, 2.05) is 0 Å². The topological polar surface area (TPSA) is 137 Å². The molecule has 1 aliphatic rings. The Morgan fingerprint density at radius 1 is 1.58 bits per heavy atom. The van der Waals surface area contributed by atoms with Crippen molar-refractivity contribution in [3.05, 3.63) is 28.6 Å². The highest BCUT2D eigenvalue weighted by Gasteiger charge is 2.40. The molecule has 0 spiro atoms. The Morgan fingerprint density at radius 3 is 2.79 bits per heavy atom. The summed E-state index contributed by atoms with van der Waals surface area (Å²) in [5.41, 5.74) is 9.95. The van der Waals surface area contributed by atoms with Crippen LogP contribution in [0.4, 0.5) is 15.9 Å². The van der Waals surface area contributed by atoms with Crippen LogP contribution in [-0.2, 0) is 4.74 Å². The maximum absolute atomic E-state index is 12.7. The van der Waals surface area contributed by atoms with E-state index in [2.05, 4.69) is 4.98 Å². The zero-order valence-electron chi connectivity index (χ0n) is 9.73. The lowest BCUT2D eigenvalue weighted by Crippen LogP contribution is -2.32. The number of nitrogens with two attached hydrogens (primary N) is 2. The molecule has 2 rings (SSSR count). The van der Waals surface area contributed by atoms with Gasteiger partial charge in [-0.05, 0) is 0 Å². The van der Waals surface area contributed by atoms with Crippen LogP contribution in [0.15, 0.2) is 22.9 Å². The fraction of sp³-hybridized carbons (Fsp3) is 0.400. The molecule has 9 heteroatoms. The highest BCUT2D eigenvalue weighted by Crippen LogP contribution is 2.33. The van der Waals surface area contributed by atoms with Gasteiger partial charge in [0.1, 0.15) is 12.2 Å². The molecule has 0 aromatic carbocycles. The summed E-state index contributed by atoms with van der Waals surface area (Å²) >= 11 is 0. The molecule has 3 atom stereocenters. The number of aromatic nitrogens is 2. The molecule has 1 aliphatic heterocycles. The number of anilines is 2. The average molecular weight is 272 g/mol. The number of aliphatic hydroxyl groups is 2. The Hall–Kier alpha value is -1.97. The van der Waals surface area contributed by atoms with Gasteiger partial charge in [0.05, 0.1) is 18.6 Å². The lowest BCUT2D eigenvalue weighted by Gasteiger charge is -2.17. The third-order valence-electron chi connectivity index (χ3n) is 2.86. The molecule has 0 saturated carbocycles. The van der Waals surface area contributed by atoms with E-state index in [1.54, 1.807) is 0 Å². The van der Waals surface area contributed by atoms with E-state index in [1.165, 1.54) is 0 Å². The van der Waals surface area contributed by atoms with Crippen molar-refractivity contribution in [1.29, 1.82) is 0 Å². The van der Waals surface area contributed by atoms with Gasteiger partial charge in [0.25, 0.3) is 0 Å². The second kappa shape index (κ2) is 4.96. The standard InChI is InChI=1S/C10H13FN4O4/c11-1-4-6(3-16)19-9(7(4)17)15-2-5(12)8(13)14-10(15)18/h1-2,6-7,9,16-17H,3,12H2,(H2,13,14,18). The smallest absolute Gasteiger partial charge is 0.351 e. The zero-order valence-corrected chi connectivity index (χ0v) is 9.73. The van der Waals surface area contributed by atoms with E-state index in [9.17, 15) is 14.3 Å². The van der Waals surface area contributed by atoms with Gasteiger partial charge in [-0.3, -0.25) is 4.57 Å². The van der Waals surface area contributed by atoms with Crippen molar-refractivity contribution in [2.75, 3.05) is 18.1 Å². The summed E-state index contributed by atoms with van der Waals surface area (Å²) < 4.78 is 18.8. The quantitative estimate of drug-likeness (QED) is 0.514. The first-order valence-corrected chi connectivity index (χ1v) is 5.38. The van der Waals surface area contributed by atoms with Crippen LogP contribution in [0.2, 0.25) is 0 Å². The van der Waals surface area contributed by atoms with Crippen molar-refractivity contribution in [3.63, 3.8) is 0 Å². The van der Waals surface area contributed by atoms with Gasteiger partial charge in [-0.15, -0.1) is 0 Å². The molecule has 1 fully saturated rings. The van der Waals surface area contributed by atoms with Crippen molar-refractivity contribution in [3.8, 4) is 0 Å². The number of ether oxygens (including phenoxy) is 1. The van der Waals surface area contributed by atoms with Crippen molar-refractivity contribution in [1.82, 2.24) is 9.55 Å². The largest absolute Gasteiger partial charge is 0.395 e. The van der Waals surface area contributed by atoms with Gasteiger partial charge >= 0.3 is 5.69 Å². The lowest BCUT2D eigenvalue weighted by atomic mass is 10.1. The van der Waals surface area contributed by atoms with E-state index in [0.717, 1.165) is 10.8 Å². The molecule has 1 aromatic heterocycles. The number of hydrogen-bond donors (Lipinski definition) is 4. The minimum absolute atomic E-state index is 0.0219. The van der Waals surface area contributed by atoms with Gasteiger partial charge in [-0.2, -0.15) is 4.98 Å². The Labute approximate surface area is 106 Å². The van der Waals surface area contributed by atoms with Crippen LogP contribution in [0.1, 0.15) is 6.23 Å². The number of nitrogens with zero attached hydrogens (tertiary/aromatic N) is 2. The van der Waals surface area contributed by atoms with Gasteiger partial charge < -0.3 is 26.4 Å². The monoisotopic (exact) mass is 272 g/mol. The Bertz CT molecular complexity index is 573. The number of halogens is 1. The molecule has 0 radical (unpaired) electrons. The second-order valence-electron chi connectivity index (χ2n) is 4.02. The highest BCUT2D eigenvalue weighted by molar-refractivity contribution is 5.55. The molecule has 8 nitrogen and oxygen atoms in total. The van der Waals surface area contributed by atoms with E-state index < -0.39 is 30.7 Å². The van der Waals surface area contributed by atoms with Gasteiger partial charge in [0.15, 0.2) is 12.0 Å². The summed E-state index contributed by atoms with van der Waals surface area (Å²) in [6, 6.07) is 0. The summed E-state index contributed by atoms with van der Waals surface area (Å²) in [6.45, 7) is -0.532. The maximum Gasteiger partial charge on any atom is 0.351 e. The third kappa shape index (κ3) is 2.18. The van der Waals surface area contributed by atoms with Gasteiger partial charge in [0.2, 0.25) is 0 Å². The van der Waals surface area contributed by atoms with Crippen LogP contribution in [0, 0.1) is 0 Å². The fourth-order valence-corrected chi connectivity index (χ4v) is 1.86. The SMILES string of the molecule is Nc1cn(C2OC(CO)C(=CF)C2O)c(=O)nc1N. The molecule has 1 saturated heterocycles. The van der Waals surface area contributed by atoms with Crippen molar-refractivity contribution in [2.45, 2.75) is 18.4 Å². The van der Waals surface area contributed by atoms with Crippen LogP contribution >= 0.6 is 0 Å². The zero-order chi connectivity index (χ0) is 14.2. The molecule has 3 unspecified atom stereocenters. The molecule has 0 bridgehead atoms. The van der Waals surface area contributed by atoms with Crippen LogP contribution in [-0.4, -0.2) is 38.6 Å². The molecule has 1 aromatic rings. The predicted molar refractivity (Wildman–Crippen MR) is 63.5 cm³/mol. The summed E-state index contributed by atoms with van der Waals surface area (Å²) in [6.07, 6.45) is -2.39. The minimum Gasteiger partial charge on any atom is -0.395 e. The summed E-state index contributed by atoms with van der Waals surface area (Å²) in [5.74, 6) is -0.145. The lowest BCUT2D eigenvalue weighted by molar-refractivity contribution is -0.0525. The molecule has 19 heavy (non-hydrogen) atoms. The first-order chi connectivity index (χ1) is 8.99. The Morgan fingerprint density at radius 2 is 2.26 bits per heavy atom. The molecule has 6 N–H and O–H groups in total. The molecular formula is C10H13FN4O4. The molecule has 0 aliphatic carbocycles. The average Bonchev–Trinajstić information content (AvgIpc) is 2.70. The Kier molecular flexibility index (Phi) is 3.51. The molecule has 2 heterocycles. The number of hydrogen-bond acceptors (Lipinski definition) is 7. The molecule has 104 valence electrons. The van der Waals surface area contributed by atoms with E-state index in [4.69, 9.17) is 21.3 Å². The van der Waals surface area contributed by atoms with Crippen LogP contribution in [0.25, 0.3) is 0 Å². The molecular weight excluding hydrogens is 259 g/mol. The van der Waals surface area contributed by atoms with Gasteiger partial charge in [-0.1, -0.05) is 0 Å². The van der Waals surface area contributed by atoms with E-state index in [-0.39, 0.29) is 23.4 Å². The number of nitrogen functional groups attached to an aromatic ring is 2. The van der Waals surface area contributed by atoms with Gasteiger partial charge in [-0.25, -0.2) is 9.18 Å². The van der Waals surface area contributed by atoms with Crippen molar-refractivity contribution >= 4 is 11.5 Å². The van der Waals surface area contributed by atoms with Crippen molar-refractivity contribution < 1.29 is 19.3 Å².